The van der Waals surface area contributed by atoms with Crippen LogP contribution in [0.1, 0.15) is 27.6 Å². The Balaban J connectivity index is 2.69. The maximum absolute atomic E-state index is 12.4. The summed E-state index contributed by atoms with van der Waals surface area (Å²) in [5.74, 6) is -0.534. The highest BCUT2D eigenvalue weighted by Gasteiger charge is 2.14. The number of amides is 2. The van der Waals surface area contributed by atoms with Gasteiger partial charge in [0.15, 0.2) is 0 Å². The number of hydrogen-bond acceptors (Lipinski definition) is 3. The van der Waals surface area contributed by atoms with Crippen molar-refractivity contribution in [1.82, 2.24) is 9.80 Å². The van der Waals surface area contributed by atoms with Gasteiger partial charge in [0.1, 0.15) is 0 Å². The van der Waals surface area contributed by atoms with Crippen LogP contribution in [-0.4, -0.2) is 54.8 Å². The van der Waals surface area contributed by atoms with Gasteiger partial charge in [0.25, 0.3) is 5.91 Å². The summed E-state index contributed by atoms with van der Waals surface area (Å²) >= 11 is 0. The number of carbonyl (C=O) groups excluding carboxylic acids is 2. The predicted molar refractivity (Wildman–Crippen MR) is 84.2 cm³/mol. The van der Waals surface area contributed by atoms with Crippen LogP contribution in [0.2, 0.25) is 0 Å². The third kappa shape index (κ3) is 5.04. The molecular formula is C16H23N3O2. The minimum absolute atomic E-state index is 0.0412. The summed E-state index contributed by atoms with van der Waals surface area (Å²) in [4.78, 5) is 27.3. The van der Waals surface area contributed by atoms with Crippen molar-refractivity contribution in [1.29, 1.82) is 0 Å². The molecule has 0 bridgehead atoms. The molecule has 114 valence electrons. The van der Waals surface area contributed by atoms with Gasteiger partial charge in [-0.2, -0.15) is 0 Å². The molecule has 1 aromatic rings. The van der Waals surface area contributed by atoms with E-state index < -0.39 is 5.91 Å². The largest absolute Gasteiger partial charge is 0.366 e. The molecule has 5 heteroatoms. The molecule has 1 rings (SSSR count). The quantitative estimate of drug-likeness (QED) is 0.735. The van der Waals surface area contributed by atoms with Crippen LogP contribution in [-0.2, 0) is 0 Å². The molecule has 0 saturated carbocycles. The molecular weight excluding hydrogens is 266 g/mol. The predicted octanol–water partition coefficient (Wildman–Crippen LogP) is 1.37. The number of primary amides is 1. The standard InChI is InChI=1S/C16H23N3O2/c1-4-10-18(3)11-12-19(5-2)16(21)14-8-6-13(7-9-14)15(17)20/h4,6-9H,1,5,10-12H2,2-3H3,(H2,17,20). The zero-order chi connectivity index (χ0) is 15.8. The van der Waals surface area contributed by atoms with Gasteiger partial charge >= 0.3 is 0 Å². The number of benzene rings is 1. The third-order valence-corrected chi connectivity index (χ3v) is 3.28. The van der Waals surface area contributed by atoms with Crippen LogP contribution in [0.5, 0.6) is 0 Å². The van der Waals surface area contributed by atoms with Crippen LogP contribution >= 0.6 is 0 Å². The number of nitrogens with two attached hydrogens (primary N) is 1. The van der Waals surface area contributed by atoms with Crippen LogP contribution in [0.3, 0.4) is 0 Å². The molecule has 21 heavy (non-hydrogen) atoms. The normalized spacial score (nSPS) is 10.4. The van der Waals surface area contributed by atoms with Crippen LogP contribution < -0.4 is 5.73 Å². The molecule has 0 aliphatic carbocycles. The van der Waals surface area contributed by atoms with E-state index in [0.717, 1.165) is 13.1 Å². The van der Waals surface area contributed by atoms with E-state index >= 15 is 0 Å². The highest BCUT2D eigenvalue weighted by molar-refractivity contribution is 5.97. The number of carbonyl (C=O) groups is 2. The molecule has 0 spiro atoms. The van der Waals surface area contributed by atoms with Crippen molar-refractivity contribution in [3.63, 3.8) is 0 Å². The Bertz CT molecular complexity index is 497. The van der Waals surface area contributed by atoms with Crippen molar-refractivity contribution >= 4 is 11.8 Å². The fourth-order valence-corrected chi connectivity index (χ4v) is 1.97. The van der Waals surface area contributed by atoms with Crippen molar-refractivity contribution in [2.45, 2.75) is 6.92 Å². The van der Waals surface area contributed by atoms with E-state index in [1.165, 1.54) is 0 Å². The van der Waals surface area contributed by atoms with Crippen molar-refractivity contribution < 1.29 is 9.59 Å². The Kier molecular flexibility index (Phi) is 6.62. The topological polar surface area (TPSA) is 66.6 Å². The molecule has 0 radical (unpaired) electrons. The smallest absolute Gasteiger partial charge is 0.253 e. The summed E-state index contributed by atoms with van der Waals surface area (Å²) in [6, 6.07) is 6.43. The monoisotopic (exact) mass is 289 g/mol. The Morgan fingerprint density at radius 2 is 1.76 bits per heavy atom. The first-order valence-electron chi connectivity index (χ1n) is 6.98. The molecule has 0 unspecified atom stereocenters. The van der Waals surface area contributed by atoms with Crippen molar-refractivity contribution in [3.8, 4) is 0 Å². The lowest BCUT2D eigenvalue weighted by atomic mass is 10.1. The van der Waals surface area contributed by atoms with Gasteiger partial charge in [-0.25, -0.2) is 0 Å². The lowest BCUT2D eigenvalue weighted by Crippen LogP contribution is -2.37. The fourth-order valence-electron chi connectivity index (χ4n) is 1.97. The van der Waals surface area contributed by atoms with Gasteiger partial charge in [-0.05, 0) is 38.2 Å². The number of hydrogen-bond donors (Lipinski definition) is 1. The SMILES string of the molecule is C=CCN(C)CCN(CC)C(=O)c1ccc(C(N)=O)cc1. The summed E-state index contributed by atoms with van der Waals surface area (Å²) < 4.78 is 0. The molecule has 5 nitrogen and oxygen atoms in total. The zero-order valence-electron chi connectivity index (χ0n) is 12.7. The minimum atomic E-state index is -0.493. The Labute approximate surface area is 126 Å². The second-order valence-corrected chi connectivity index (χ2v) is 4.88. The van der Waals surface area contributed by atoms with E-state index in [1.807, 2.05) is 20.0 Å². The summed E-state index contributed by atoms with van der Waals surface area (Å²) in [7, 11) is 1.99. The summed E-state index contributed by atoms with van der Waals surface area (Å²) in [6.07, 6.45) is 1.83. The molecule has 0 heterocycles. The molecule has 0 atom stereocenters. The second-order valence-electron chi connectivity index (χ2n) is 4.88. The van der Waals surface area contributed by atoms with E-state index in [0.29, 0.717) is 24.2 Å². The Morgan fingerprint density at radius 3 is 2.24 bits per heavy atom. The van der Waals surface area contributed by atoms with Gasteiger partial charge in [0.2, 0.25) is 5.91 Å². The van der Waals surface area contributed by atoms with E-state index in [2.05, 4.69) is 11.5 Å². The molecule has 0 aliphatic heterocycles. The summed E-state index contributed by atoms with van der Waals surface area (Å²) in [5, 5.41) is 0. The van der Waals surface area contributed by atoms with Crippen LogP contribution in [0.4, 0.5) is 0 Å². The fraction of sp³-hybridized carbons (Fsp3) is 0.375. The van der Waals surface area contributed by atoms with Crippen molar-refractivity contribution in [2.24, 2.45) is 5.73 Å². The Hall–Kier alpha value is -2.14. The van der Waals surface area contributed by atoms with Crippen molar-refractivity contribution in [2.75, 3.05) is 33.2 Å². The van der Waals surface area contributed by atoms with Gasteiger partial charge in [-0.3, -0.25) is 9.59 Å². The highest BCUT2D eigenvalue weighted by Crippen LogP contribution is 2.08. The molecule has 0 aliphatic rings. The highest BCUT2D eigenvalue weighted by atomic mass is 16.2. The number of rotatable bonds is 8. The summed E-state index contributed by atoms with van der Waals surface area (Å²) in [6.45, 7) is 8.50. The van der Waals surface area contributed by atoms with Crippen LogP contribution in [0.25, 0.3) is 0 Å². The molecule has 1 aromatic carbocycles. The van der Waals surface area contributed by atoms with Gasteiger partial charge < -0.3 is 15.5 Å². The van der Waals surface area contributed by atoms with E-state index in [4.69, 9.17) is 5.73 Å². The van der Waals surface area contributed by atoms with E-state index in [1.54, 1.807) is 29.2 Å². The number of nitrogens with zero attached hydrogens (tertiary/aromatic N) is 2. The lowest BCUT2D eigenvalue weighted by Gasteiger charge is -2.24. The van der Waals surface area contributed by atoms with Crippen LogP contribution in [0, 0.1) is 0 Å². The molecule has 0 aromatic heterocycles. The Morgan fingerprint density at radius 1 is 1.19 bits per heavy atom. The summed E-state index contributed by atoms with van der Waals surface area (Å²) in [5.41, 5.74) is 6.15. The van der Waals surface area contributed by atoms with Gasteiger partial charge in [-0.15, -0.1) is 6.58 Å². The molecule has 0 saturated heterocycles. The molecule has 2 amide bonds. The zero-order valence-corrected chi connectivity index (χ0v) is 12.7. The minimum Gasteiger partial charge on any atom is -0.366 e. The maximum Gasteiger partial charge on any atom is 0.253 e. The first-order chi connectivity index (χ1) is 9.99. The van der Waals surface area contributed by atoms with Crippen LogP contribution in [0.15, 0.2) is 36.9 Å². The second kappa shape index (κ2) is 8.21. The van der Waals surface area contributed by atoms with E-state index in [9.17, 15) is 9.59 Å². The van der Waals surface area contributed by atoms with Gasteiger partial charge in [0, 0.05) is 37.3 Å². The van der Waals surface area contributed by atoms with E-state index in [-0.39, 0.29) is 5.91 Å². The molecule has 0 fully saturated rings. The number of likely N-dealkylation sites (N-methyl/N-ethyl adjacent to an activating group) is 2. The maximum atomic E-state index is 12.4. The van der Waals surface area contributed by atoms with Crippen molar-refractivity contribution in [3.05, 3.63) is 48.0 Å². The average molecular weight is 289 g/mol. The van der Waals surface area contributed by atoms with Gasteiger partial charge in [0.05, 0.1) is 0 Å². The average Bonchev–Trinajstić information content (AvgIpc) is 2.48. The lowest BCUT2D eigenvalue weighted by molar-refractivity contribution is 0.0751. The van der Waals surface area contributed by atoms with Gasteiger partial charge in [-0.1, -0.05) is 6.08 Å². The molecule has 2 N–H and O–H groups in total. The first-order valence-corrected chi connectivity index (χ1v) is 6.98. The third-order valence-electron chi connectivity index (χ3n) is 3.28. The first kappa shape index (κ1) is 16.9.